The fourth-order valence-corrected chi connectivity index (χ4v) is 4.07. The van der Waals surface area contributed by atoms with Gasteiger partial charge in [-0.15, -0.1) is 0 Å². The van der Waals surface area contributed by atoms with Gasteiger partial charge >= 0.3 is 0 Å². The first-order chi connectivity index (χ1) is 12.5. The minimum Gasteiger partial charge on any atom is -0.330 e. The molecule has 0 fully saturated rings. The van der Waals surface area contributed by atoms with E-state index in [1.54, 1.807) is 30.7 Å². The number of rotatable bonds is 4. The van der Waals surface area contributed by atoms with Gasteiger partial charge < -0.3 is 4.57 Å². The summed E-state index contributed by atoms with van der Waals surface area (Å²) in [5.41, 5.74) is 1.31. The summed E-state index contributed by atoms with van der Waals surface area (Å²) in [5, 5.41) is 3.94. The number of nitrogens with zero attached hydrogens (tertiary/aromatic N) is 5. The van der Waals surface area contributed by atoms with E-state index < -0.39 is 15.6 Å². The summed E-state index contributed by atoms with van der Waals surface area (Å²) in [7, 11) is 1.12. The van der Waals surface area contributed by atoms with Crippen LogP contribution in [0.3, 0.4) is 0 Å². The van der Waals surface area contributed by atoms with Crippen molar-refractivity contribution in [2.45, 2.75) is 18.4 Å². The van der Waals surface area contributed by atoms with Crippen molar-refractivity contribution < 1.29 is 8.42 Å². The maximum absolute atomic E-state index is 12.5. The number of halogens is 2. The zero-order valence-corrected chi connectivity index (χ0v) is 17.4. The first-order valence-corrected chi connectivity index (χ1v) is 10.0. The molecular formula is C16H17Cl2N5O3S. The Morgan fingerprint density at radius 2 is 1.89 bits per heavy atom. The average molecular weight is 430 g/mol. The predicted molar refractivity (Wildman–Crippen MR) is 104 cm³/mol. The number of sulfonamides is 1. The zero-order chi connectivity index (χ0) is 20.1. The molecule has 1 aromatic carbocycles. The Balaban J connectivity index is 2.14. The summed E-state index contributed by atoms with van der Waals surface area (Å²) in [6.07, 6.45) is 1.29. The maximum atomic E-state index is 12.5. The molecule has 8 nitrogen and oxygen atoms in total. The molecule has 0 saturated heterocycles. The van der Waals surface area contributed by atoms with E-state index in [1.807, 2.05) is 0 Å². The van der Waals surface area contributed by atoms with Crippen LogP contribution in [-0.4, -0.2) is 46.1 Å². The van der Waals surface area contributed by atoms with Crippen molar-refractivity contribution in [3.63, 3.8) is 0 Å². The molecule has 2 heterocycles. The Hall–Kier alpha value is -1.94. The fourth-order valence-electron chi connectivity index (χ4n) is 2.68. The van der Waals surface area contributed by atoms with Gasteiger partial charge in [-0.3, -0.25) is 4.79 Å². The molecule has 144 valence electrons. The van der Waals surface area contributed by atoms with Crippen LogP contribution in [0, 0.1) is 6.92 Å². The fraction of sp³-hybridized carbons (Fsp3) is 0.312. The Morgan fingerprint density at radius 1 is 1.22 bits per heavy atom. The van der Waals surface area contributed by atoms with Crippen LogP contribution in [0.1, 0.15) is 11.4 Å². The number of hydrogen-bond donors (Lipinski definition) is 0. The number of aromatic nitrogens is 4. The molecule has 0 saturated carbocycles. The molecule has 0 aliphatic rings. The van der Waals surface area contributed by atoms with Gasteiger partial charge in [0.2, 0.25) is 10.0 Å². The molecule has 0 amide bonds. The van der Waals surface area contributed by atoms with Crippen LogP contribution in [0.15, 0.2) is 28.0 Å². The molecule has 0 spiro atoms. The summed E-state index contributed by atoms with van der Waals surface area (Å²) in [6, 6.07) is 3.29. The molecule has 27 heavy (non-hydrogen) atoms. The molecule has 0 radical (unpaired) electrons. The van der Waals surface area contributed by atoms with Crippen molar-refractivity contribution in [3.8, 4) is 0 Å². The highest BCUT2D eigenvalue weighted by atomic mass is 35.5. The van der Waals surface area contributed by atoms with Gasteiger partial charge in [-0.1, -0.05) is 23.2 Å². The lowest BCUT2D eigenvalue weighted by molar-refractivity contribution is 0.520. The summed E-state index contributed by atoms with van der Waals surface area (Å²) in [4.78, 5) is 16.9. The van der Waals surface area contributed by atoms with Gasteiger partial charge in [-0.05, 0) is 24.6 Å². The molecule has 0 aliphatic carbocycles. The van der Waals surface area contributed by atoms with Crippen molar-refractivity contribution in [3.05, 3.63) is 50.1 Å². The lowest BCUT2D eigenvalue weighted by Crippen LogP contribution is -2.25. The Labute approximate surface area is 166 Å². The molecule has 11 heteroatoms. The van der Waals surface area contributed by atoms with E-state index in [0.717, 1.165) is 8.99 Å². The van der Waals surface area contributed by atoms with E-state index in [0.29, 0.717) is 22.4 Å². The van der Waals surface area contributed by atoms with E-state index in [-0.39, 0.29) is 21.5 Å². The van der Waals surface area contributed by atoms with Gasteiger partial charge in [0.25, 0.3) is 5.56 Å². The number of benzene rings is 1. The smallest absolute Gasteiger partial charge is 0.287 e. The van der Waals surface area contributed by atoms with Gasteiger partial charge in [0.15, 0.2) is 0 Å². The van der Waals surface area contributed by atoms with E-state index >= 15 is 0 Å². The monoisotopic (exact) mass is 429 g/mol. The Bertz CT molecular complexity index is 1210. The number of fused-ring (bicyclic) bond motifs is 1. The lowest BCUT2D eigenvalue weighted by Gasteiger charge is -2.13. The van der Waals surface area contributed by atoms with Crippen LogP contribution in [0.25, 0.3) is 11.0 Å². The minimum atomic E-state index is -3.59. The van der Waals surface area contributed by atoms with Gasteiger partial charge in [-0.25, -0.2) is 22.4 Å². The third kappa shape index (κ3) is 3.36. The first kappa shape index (κ1) is 19.8. The molecule has 3 rings (SSSR count). The van der Waals surface area contributed by atoms with Crippen LogP contribution >= 0.6 is 23.2 Å². The Morgan fingerprint density at radius 3 is 2.52 bits per heavy atom. The largest absolute Gasteiger partial charge is 0.330 e. The Kier molecular flexibility index (Phi) is 5.06. The lowest BCUT2D eigenvalue weighted by atomic mass is 10.2. The predicted octanol–water partition coefficient (Wildman–Crippen LogP) is 2.04. The second-order valence-corrected chi connectivity index (χ2v) is 9.16. The molecule has 0 bridgehead atoms. The van der Waals surface area contributed by atoms with Crippen molar-refractivity contribution in [1.29, 1.82) is 0 Å². The van der Waals surface area contributed by atoms with Gasteiger partial charge in [-0.2, -0.15) is 5.10 Å². The highest BCUT2D eigenvalue weighted by Gasteiger charge is 2.22. The zero-order valence-electron chi connectivity index (χ0n) is 15.1. The second kappa shape index (κ2) is 6.90. The molecular weight excluding hydrogens is 413 g/mol. The van der Waals surface area contributed by atoms with Gasteiger partial charge in [0, 0.05) is 21.1 Å². The van der Waals surface area contributed by atoms with Gasteiger partial charge in [0.05, 0.1) is 27.1 Å². The quantitative estimate of drug-likeness (QED) is 0.632. The summed E-state index contributed by atoms with van der Waals surface area (Å²) < 4.78 is 29.1. The highest BCUT2D eigenvalue weighted by molar-refractivity contribution is 7.89. The van der Waals surface area contributed by atoms with Crippen LogP contribution in [0.4, 0.5) is 0 Å². The van der Waals surface area contributed by atoms with Crippen LogP contribution in [0.5, 0.6) is 0 Å². The van der Waals surface area contributed by atoms with Crippen LogP contribution in [0.2, 0.25) is 10.0 Å². The second-order valence-electron chi connectivity index (χ2n) is 6.25. The molecule has 0 atom stereocenters. The number of hydrogen-bond acceptors (Lipinski definition) is 5. The third-order valence-electron chi connectivity index (χ3n) is 4.26. The van der Waals surface area contributed by atoms with Crippen molar-refractivity contribution in [2.75, 3.05) is 14.1 Å². The van der Waals surface area contributed by atoms with E-state index in [1.165, 1.54) is 20.3 Å². The third-order valence-corrected chi connectivity index (χ3v) is 6.97. The average Bonchev–Trinajstić information content (AvgIpc) is 2.89. The van der Waals surface area contributed by atoms with Crippen molar-refractivity contribution in [1.82, 2.24) is 23.6 Å². The molecule has 2 aromatic heterocycles. The molecule has 0 aliphatic heterocycles. The first-order valence-electron chi connectivity index (χ1n) is 7.83. The molecule has 0 unspecified atom stereocenters. The molecule has 3 aromatic rings. The van der Waals surface area contributed by atoms with Crippen molar-refractivity contribution >= 4 is 44.3 Å². The van der Waals surface area contributed by atoms with Crippen LogP contribution < -0.4 is 5.56 Å². The SMILES string of the molecule is Cc1cc2nc(Cn3ncc(Cl)c(Cl)c3=O)n(C)c2cc1S(=O)(=O)N(C)C. The van der Waals surface area contributed by atoms with Crippen LogP contribution in [-0.2, 0) is 23.6 Å². The topological polar surface area (TPSA) is 90.1 Å². The number of aryl methyl sites for hydroxylation is 2. The normalized spacial score (nSPS) is 12.3. The highest BCUT2D eigenvalue weighted by Crippen LogP contribution is 2.25. The summed E-state index contributed by atoms with van der Waals surface area (Å²) in [5.74, 6) is 0.525. The van der Waals surface area contributed by atoms with E-state index in [2.05, 4.69) is 10.1 Å². The minimum absolute atomic E-state index is 0.0652. The van der Waals surface area contributed by atoms with Crippen molar-refractivity contribution in [2.24, 2.45) is 7.05 Å². The maximum Gasteiger partial charge on any atom is 0.287 e. The number of imidazole rings is 1. The van der Waals surface area contributed by atoms with E-state index in [4.69, 9.17) is 23.2 Å². The van der Waals surface area contributed by atoms with E-state index in [9.17, 15) is 13.2 Å². The van der Waals surface area contributed by atoms with Gasteiger partial charge in [0.1, 0.15) is 17.4 Å². The summed E-state index contributed by atoms with van der Waals surface area (Å²) in [6.45, 7) is 1.78. The summed E-state index contributed by atoms with van der Waals surface area (Å²) >= 11 is 11.7. The molecule has 0 N–H and O–H groups in total. The standard InChI is InChI=1S/C16H17Cl2N5O3S/c1-9-5-11-12(6-13(9)27(25,26)21(2)3)22(4)14(20-11)8-23-16(24)15(18)10(17)7-19-23/h5-7H,8H2,1-4H3.